The summed E-state index contributed by atoms with van der Waals surface area (Å²) in [6.45, 7) is 6.71. The van der Waals surface area contributed by atoms with E-state index < -0.39 is 0 Å². The molecule has 1 aliphatic carbocycles. The van der Waals surface area contributed by atoms with E-state index >= 15 is 0 Å². The Hall–Kier alpha value is -0.300. The molecule has 1 aromatic rings. The Kier molecular flexibility index (Phi) is 3.44. The van der Waals surface area contributed by atoms with Crippen molar-refractivity contribution < 1.29 is 0 Å². The highest BCUT2D eigenvalue weighted by Crippen LogP contribution is 2.45. The molecule has 0 bridgehead atoms. The minimum atomic E-state index is 0.560. The van der Waals surface area contributed by atoms with Crippen molar-refractivity contribution in [3.05, 3.63) is 34.4 Å². The molecule has 0 unspecified atom stereocenters. The third-order valence-corrected chi connectivity index (χ3v) is 5.28. The van der Waals surface area contributed by atoms with Crippen LogP contribution in [0.15, 0.2) is 12.1 Å². The van der Waals surface area contributed by atoms with E-state index in [0.717, 1.165) is 5.33 Å². The van der Waals surface area contributed by atoms with Gasteiger partial charge < -0.3 is 0 Å². The quantitative estimate of drug-likeness (QED) is 0.703. The third-order valence-electron chi connectivity index (χ3n) is 4.09. The average Bonchev–Trinajstić information content (AvgIpc) is 2.14. The van der Waals surface area contributed by atoms with Gasteiger partial charge in [0.2, 0.25) is 0 Å². The first-order valence-electron chi connectivity index (χ1n) is 6.19. The first-order valence-corrected chi connectivity index (χ1v) is 7.31. The van der Waals surface area contributed by atoms with Crippen LogP contribution in [0.25, 0.3) is 0 Å². The van der Waals surface area contributed by atoms with Crippen molar-refractivity contribution in [3.8, 4) is 0 Å². The van der Waals surface area contributed by atoms with Crippen LogP contribution in [0.2, 0.25) is 0 Å². The summed E-state index contributed by atoms with van der Waals surface area (Å²) in [5.41, 5.74) is 6.49. The number of rotatable bonds is 3. The first-order chi connectivity index (χ1) is 7.56. The molecule has 1 saturated carbocycles. The van der Waals surface area contributed by atoms with Gasteiger partial charge in [-0.15, -0.1) is 0 Å². The second-order valence-electron chi connectivity index (χ2n) is 5.54. The van der Waals surface area contributed by atoms with Crippen molar-refractivity contribution in [1.29, 1.82) is 0 Å². The van der Waals surface area contributed by atoms with Crippen LogP contribution in [0.3, 0.4) is 0 Å². The van der Waals surface area contributed by atoms with Crippen molar-refractivity contribution in [2.24, 2.45) is 5.41 Å². The average molecular weight is 281 g/mol. The molecule has 0 spiro atoms. The van der Waals surface area contributed by atoms with E-state index in [2.05, 4.69) is 48.8 Å². The first kappa shape index (κ1) is 12.2. The highest BCUT2D eigenvalue weighted by molar-refractivity contribution is 9.09. The van der Waals surface area contributed by atoms with Gasteiger partial charge in [0, 0.05) is 5.33 Å². The van der Waals surface area contributed by atoms with Crippen LogP contribution in [-0.4, -0.2) is 5.33 Å². The SMILES string of the molecule is Cc1cc(C)c(CC2(CBr)CCC2)c(C)c1. The molecular weight excluding hydrogens is 260 g/mol. The summed E-state index contributed by atoms with van der Waals surface area (Å²) in [6.07, 6.45) is 5.46. The molecule has 0 nitrogen and oxygen atoms in total. The fourth-order valence-electron chi connectivity index (χ4n) is 2.90. The van der Waals surface area contributed by atoms with Crippen molar-refractivity contribution in [2.75, 3.05) is 5.33 Å². The standard InChI is InChI=1S/C15H21Br/c1-11-7-12(2)14(13(3)8-11)9-15(10-16)5-4-6-15/h7-8H,4-6,9-10H2,1-3H3. The minimum absolute atomic E-state index is 0.560. The maximum absolute atomic E-state index is 3.70. The van der Waals surface area contributed by atoms with E-state index in [4.69, 9.17) is 0 Å². The van der Waals surface area contributed by atoms with Gasteiger partial charge in [0.25, 0.3) is 0 Å². The van der Waals surface area contributed by atoms with Crippen LogP contribution in [0.5, 0.6) is 0 Å². The summed E-state index contributed by atoms with van der Waals surface area (Å²) in [5.74, 6) is 0. The Labute approximate surface area is 108 Å². The molecule has 0 heterocycles. The molecule has 0 aromatic heterocycles. The number of aryl methyl sites for hydroxylation is 3. The topological polar surface area (TPSA) is 0 Å². The maximum atomic E-state index is 3.70. The molecule has 2 rings (SSSR count). The monoisotopic (exact) mass is 280 g/mol. The predicted molar refractivity (Wildman–Crippen MR) is 74.4 cm³/mol. The van der Waals surface area contributed by atoms with Crippen LogP contribution in [-0.2, 0) is 6.42 Å². The molecule has 0 atom stereocenters. The van der Waals surface area contributed by atoms with Crippen LogP contribution >= 0.6 is 15.9 Å². The summed E-state index contributed by atoms with van der Waals surface area (Å²) in [7, 11) is 0. The Morgan fingerprint density at radius 2 is 1.69 bits per heavy atom. The minimum Gasteiger partial charge on any atom is -0.0922 e. The number of hydrogen-bond acceptors (Lipinski definition) is 0. The van der Waals surface area contributed by atoms with E-state index in [9.17, 15) is 0 Å². The molecule has 0 aliphatic heterocycles. The highest BCUT2D eigenvalue weighted by Gasteiger charge is 2.36. The van der Waals surface area contributed by atoms with Crippen LogP contribution in [0, 0.1) is 26.2 Å². The molecule has 0 amide bonds. The van der Waals surface area contributed by atoms with Gasteiger partial charge >= 0.3 is 0 Å². The van der Waals surface area contributed by atoms with Crippen molar-refractivity contribution >= 4 is 15.9 Å². The molecule has 1 aromatic carbocycles. The van der Waals surface area contributed by atoms with Crippen molar-refractivity contribution in [2.45, 2.75) is 46.5 Å². The molecule has 0 radical (unpaired) electrons. The summed E-state index contributed by atoms with van der Waals surface area (Å²) < 4.78 is 0. The van der Waals surface area contributed by atoms with Crippen LogP contribution in [0.4, 0.5) is 0 Å². The van der Waals surface area contributed by atoms with Crippen LogP contribution < -0.4 is 0 Å². The molecule has 1 aliphatic rings. The highest BCUT2D eigenvalue weighted by atomic mass is 79.9. The molecule has 16 heavy (non-hydrogen) atoms. The number of halogens is 1. The Balaban J connectivity index is 2.27. The molecule has 1 heteroatoms. The third kappa shape index (κ3) is 2.20. The zero-order valence-electron chi connectivity index (χ0n) is 10.6. The van der Waals surface area contributed by atoms with E-state index in [1.165, 1.54) is 42.4 Å². The Morgan fingerprint density at radius 3 is 2.06 bits per heavy atom. The lowest BCUT2D eigenvalue weighted by Gasteiger charge is -2.41. The lowest BCUT2D eigenvalue weighted by Crippen LogP contribution is -2.33. The zero-order valence-corrected chi connectivity index (χ0v) is 12.2. The summed E-state index contributed by atoms with van der Waals surface area (Å²) in [4.78, 5) is 0. The van der Waals surface area contributed by atoms with Gasteiger partial charge in [-0.05, 0) is 62.1 Å². The Morgan fingerprint density at radius 1 is 1.12 bits per heavy atom. The fraction of sp³-hybridized carbons (Fsp3) is 0.600. The second kappa shape index (κ2) is 4.52. The summed E-state index contributed by atoms with van der Waals surface area (Å²) in [5, 5.41) is 1.16. The van der Waals surface area contributed by atoms with E-state index in [1.54, 1.807) is 5.56 Å². The molecule has 0 N–H and O–H groups in total. The van der Waals surface area contributed by atoms with Crippen molar-refractivity contribution in [3.63, 3.8) is 0 Å². The second-order valence-corrected chi connectivity index (χ2v) is 6.10. The summed E-state index contributed by atoms with van der Waals surface area (Å²) in [6, 6.07) is 4.64. The van der Waals surface area contributed by atoms with Gasteiger partial charge in [0.1, 0.15) is 0 Å². The molecule has 0 saturated heterocycles. The van der Waals surface area contributed by atoms with Gasteiger partial charge in [-0.2, -0.15) is 0 Å². The normalized spacial score (nSPS) is 18.2. The van der Waals surface area contributed by atoms with Crippen LogP contribution in [0.1, 0.15) is 41.5 Å². The molecule has 1 fully saturated rings. The maximum Gasteiger partial charge on any atom is 0.00911 e. The lowest BCUT2D eigenvalue weighted by molar-refractivity contribution is 0.169. The van der Waals surface area contributed by atoms with Gasteiger partial charge in [-0.3, -0.25) is 0 Å². The smallest absolute Gasteiger partial charge is 0.00911 e. The number of benzene rings is 1. The van der Waals surface area contributed by atoms with E-state index in [-0.39, 0.29) is 0 Å². The zero-order chi connectivity index (χ0) is 11.8. The van der Waals surface area contributed by atoms with Gasteiger partial charge in [-0.25, -0.2) is 0 Å². The lowest BCUT2D eigenvalue weighted by atomic mass is 9.66. The fourth-order valence-corrected chi connectivity index (χ4v) is 3.66. The number of hydrogen-bond donors (Lipinski definition) is 0. The van der Waals surface area contributed by atoms with Gasteiger partial charge in [0.05, 0.1) is 0 Å². The predicted octanol–water partition coefficient (Wildman–Crippen LogP) is 4.72. The van der Waals surface area contributed by atoms with E-state index in [1.807, 2.05) is 0 Å². The molecule has 88 valence electrons. The van der Waals surface area contributed by atoms with Gasteiger partial charge in [0.15, 0.2) is 0 Å². The van der Waals surface area contributed by atoms with Crippen molar-refractivity contribution in [1.82, 2.24) is 0 Å². The van der Waals surface area contributed by atoms with E-state index in [0.29, 0.717) is 5.41 Å². The molecular formula is C15H21Br. The summed E-state index contributed by atoms with van der Waals surface area (Å²) >= 11 is 3.70. The Bertz CT molecular complexity index is 360. The largest absolute Gasteiger partial charge is 0.0922 e. The van der Waals surface area contributed by atoms with Gasteiger partial charge in [-0.1, -0.05) is 40.0 Å². The number of alkyl halides is 1.